The Morgan fingerprint density at radius 1 is 1.05 bits per heavy atom. The maximum Gasteiger partial charge on any atom is 0.409 e. The van der Waals surface area contributed by atoms with E-state index in [9.17, 15) is 9.59 Å². The van der Waals surface area contributed by atoms with Crippen LogP contribution in [0.1, 0.15) is 10.5 Å². The van der Waals surface area contributed by atoms with Gasteiger partial charge in [0.2, 0.25) is 0 Å². The number of carboxylic acid groups (broad SMARTS) is 1. The predicted molar refractivity (Wildman–Crippen MR) is 71.5 cm³/mol. The maximum atomic E-state index is 11.9. The van der Waals surface area contributed by atoms with E-state index in [1.165, 1.54) is 0 Å². The first-order chi connectivity index (χ1) is 9.06. The van der Waals surface area contributed by atoms with Gasteiger partial charge in [0.05, 0.1) is 0 Å². The smallest absolute Gasteiger partial charge is 0.409 e. The first-order valence-corrected chi connectivity index (χ1v) is 5.59. The van der Waals surface area contributed by atoms with Gasteiger partial charge in [-0.15, -0.1) is 0 Å². The van der Waals surface area contributed by atoms with Gasteiger partial charge in [0.15, 0.2) is 0 Å². The zero-order valence-electron chi connectivity index (χ0n) is 10.3. The number of nitrogens with one attached hydrogen (secondary N) is 2. The molecule has 2 amide bonds. The minimum Gasteiger partial charge on any atom is -0.465 e. The molecular weight excluding hydrogens is 246 g/mol. The summed E-state index contributed by atoms with van der Waals surface area (Å²) in [5.41, 5.74) is 1.60. The third-order valence-corrected chi connectivity index (χ3v) is 2.57. The Morgan fingerprint density at radius 3 is 2.11 bits per heavy atom. The molecule has 0 saturated carbocycles. The van der Waals surface area contributed by atoms with Gasteiger partial charge >= 0.3 is 6.09 Å². The van der Waals surface area contributed by atoms with E-state index in [-0.39, 0.29) is 5.91 Å². The molecule has 0 spiro atoms. The quantitative estimate of drug-likeness (QED) is 0.791. The number of anilines is 2. The van der Waals surface area contributed by atoms with Gasteiger partial charge in [-0.1, -0.05) is 0 Å². The molecule has 0 saturated heterocycles. The molecule has 19 heavy (non-hydrogen) atoms. The van der Waals surface area contributed by atoms with Crippen LogP contribution in [0.15, 0.2) is 42.6 Å². The van der Waals surface area contributed by atoms with Crippen LogP contribution in [0.5, 0.6) is 0 Å². The van der Waals surface area contributed by atoms with Crippen molar-refractivity contribution in [3.63, 3.8) is 0 Å². The second-order valence-corrected chi connectivity index (χ2v) is 3.97. The molecule has 1 aromatic carbocycles. The highest BCUT2D eigenvalue weighted by molar-refractivity contribution is 6.03. The highest BCUT2D eigenvalue weighted by atomic mass is 16.4. The summed E-state index contributed by atoms with van der Waals surface area (Å²) in [7, 11) is 1.79. The summed E-state index contributed by atoms with van der Waals surface area (Å²) in [6, 6.07) is 9.92. The molecule has 0 aliphatic carbocycles. The van der Waals surface area contributed by atoms with Gasteiger partial charge in [0, 0.05) is 24.6 Å². The van der Waals surface area contributed by atoms with Crippen LogP contribution in [-0.2, 0) is 7.05 Å². The summed E-state index contributed by atoms with van der Waals surface area (Å²) >= 11 is 0. The average Bonchev–Trinajstić information content (AvgIpc) is 2.77. The van der Waals surface area contributed by atoms with Crippen molar-refractivity contribution in [2.75, 3.05) is 10.6 Å². The van der Waals surface area contributed by atoms with Crippen molar-refractivity contribution in [2.45, 2.75) is 0 Å². The van der Waals surface area contributed by atoms with E-state index in [1.54, 1.807) is 54.2 Å². The van der Waals surface area contributed by atoms with E-state index in [0.29, 0.717) is 17.1 Å². The SMILES string of the molecule is Cn1cccc1C(=O)Nc1ccc(NC(=O)O)cc1. The van der Waals surface area contributed by atoms with Gasteiger partial charge < -0.3 is 15.0 Å². The number of aromatic nitrogens is 1. The lowest BCUT2D eigenvalue weighted by Gasteiger charge is -2.07. The van der Waals surface area contributed by atoms with Crippen molar-refractivity contribution in [2.24, 2.45) is 7.05 Å². The van der Waals surface area contributed by atoms with Crippen LogP contribution in [0.2, 0.25) is 0 Å². The number of hydrogen-bond donors (Lipinski definition) is 3. The molecule has 6 nitrogen and oxygen atoms in total. The molecule has 6 heteroatoms. The summed E-state index contributed by atoms with van der Waals surface area (Å²) in [6.45, 7) is 0. The molecule has 0 aliphatic heterocycles. The van der Waals surface area contributed by atoms with E-state index in [0.717, 1.165) is 0 Å². The number of hydrogen-bond acceptors (Lipinski definition) is 2. The van der Waals surface area contributed by atoms with Crippen molar-refractivity contribution >= 4 is 23.4 Å². The molecule has 98 valence electrons. The first kappa shape index (κ1) is 12.7. The lowest BCUT2D eigenvalue weighted by molar-refractivity contribution is 0.101. The summed E-state index contributed by atoms with van der Waals surface area (Å²) in [4.78, 5) is 22.4. The third kappa shape index (κ3) is 3.12. The van der Waals surface area contributed by atoms with Crippen LogP contribution in [0.25, 0.3) is 0 Å². The molecule has 0 bridgehead atoms. The largest absolute Gasteiger partial charge is 0.465 e. The Bertz CT molecular complexity index is 602. The number of rotatable bonds is 3. The molecule has 0 aliphatic rings. The van der Waals surface area contributed by atoms with Crippen molar-refractivity contribution in [1.29, 1.82) is 0 Å². The molecule has 1 aromatic heterocycles. The molecular formula is C13H13N3O3. The summed E-state index contributed by atoms with van der Waals surface area (Å²) in [5, 5.41) is 13.5. The topological polar surface area (TPSA) is 83.4 Å². The zero-order chi connectivity index (χ0) is 13.8. The van der Waals surface area contributed by atoms with Gasteiger partial charge in [-0.25, -0.2) is 4.79 Å². The molecule has 0 unspecified atom stereocenters. The van der Waals surface area contributed by atoms with Gasteiger partial charge in [0.1, 0.15) is 5.69 Å². The molecule has 0 radical (unpaired) electrons. The molecule has 3 N–H and O–H groups in total. The van der Waals surface area contributed by atoms with E-state index in [4.69, 9.17) is 5.11 Å². The third-order valence-electron chi connectivity index (χ3n) is 2.57. The number of nitrogens with zero attached hydrogens (tertiary/aromatic N) is 1. The molecule has 0 atom stereocenters. The summed E-state index contributed by atoms with van der Waals surface area (Å²) < 4.78 is 1.72. The van der Waals surface area contributed by atoms with Gasteiger partial charge in [-0.2, -0.15) is 0 Å². The fourth-order valence-electron chi connectivity index (χ4n) is 1.65. The maximum absolute atomic E-state index is 11.9. The highest BCUT2D eigenvalue weighted by Gasteiger charge is 2.08. The Kier molecular flexibility index (Phi) is 3.51. The van der Waals surface area contributed by atoms with Crippen LogP contribution in [0.4, 0.5) is 16.2 Å². The standard InChI is InChI=1S/C13H13N3O3/c1-16-8-2-3-11(16)12(17)14-9-4-6-10(7-5-9)15-13(18)19/h2-8,15H,1H3,(H,14,17)(H,18,19). The van der Waals surface area contributed by atoms with Crippen molar-refractivity contribution in [3.8, 4) is 0 Å². The number of carbonyl (C=O) groups is 2. The van der Waals surface area contributed by atoms with Crippen LogP contribution in [0.3, 0.4) is 0 Å². The fourth-order valence-corrected chi connectivity index (χ4v) is 1.65. The fraction of sp³-hybridized carbons (Fsp3) is 0.0769. The lowest BCUT2D eigenvalue weighted by atomic mass is 10.2. The molecule has 2 rings (SSSR count). The Balaban J connectivity index is 2.06. The number of amides is 2. The minimum atomic E-state index is -1.12. The van der Waals surface area contributed by atoms with E-state index in [1.807, 2.05) is 0 Å². The first-order valence-electron chi connectivity index (χ1n) is 5.59. The van der Waals surface area contributed by atoms with E-state index < -0.39 is 6.09 Å². The number of benzene rings is 1. The Labute approximate surface area is 109 Å². The van der Waals surface area contributed by atoms with Crippen LogP contribution >= 0.6 is 0 Å². The zero-order valence-corrected chi connectivity index (χ0v) is 10.3. The van der Waals surface area contributed by atoms with E-state index >= 15 is 0 Å². The van der Waals surface area contributed by atoms with Gasteiger partial charge in [-0.05, 0) is 36.4 Å². The Morgan fingerprint density at radius 2 is 1.63 bits per heavy atom. The monoisotopic (exact) mass is 259 g/mol. The van der Waals surface area contributed by atoms with Crippen LogP contribution in [-0.4, -0.2) is 21.7 Å². The predicted octanol–water partition coefficient (Wildman–Crippen LogP) is 2.37. The van der Waals surface area contributed by atoms with Gasteiger partial charge in [0.25, 0.3) is 5.91 Å². The average molecular weight is 259 g/mol. The minimum absolute atomic E-state index is 0.216. The van der Waals surface area contributed by atoms with Crippen LogP contribution < -0.4 is 10.6 Å². The van der Waals surface area contributed by atoms with Crippen molar-refractivity contribution < 1.29 is 14.7 Å². The molecule has 2 aromatic rings. The van der Waals surface area contributed by atoms with Gasteiger partial charge in [-0.3, -0.25) is 10.1 Å². The molecule has 1 heterocycles. The number of carbonyl (C=O) groups excluding carboxylic acids is 1. The highest BCUT2D eigenvalue weighted by Crippen LogP contribution is 2.14. The Hall–Kier alpha value is -2.76. The van der Waals surface area contributed by atoms with Crippen LogP contribution in [0, 0.1) is 0 Å². The molecule has 0 fully saturated rings. The second kappa shape index (κ2) is 5.26. The summed E-state index contributed by atoms with van der Waals surface area (Å²) in [6.07, 6.45) is 0.662. The van der Waals surface area contributed by atoms with Crippen molar-refractivity contribution in [1.82, 2.24) is 4.57 Å². The normalized spacial score (nSPS) is 9.95. The van der Waals surface area contributed by atoms with Crippen molar-refractivity contribution in [3.05, 3.63) is 48.3 Å². The second-order valence-electron chi connectivity index (χ2n) is 3.97. The summed E-state index contributed by atoms with van der Waals surface area (Å²) in [5.74, 6) is -0.216. The van der Waals surface area contributed by atoms with E-state index in [2.05, 4.69) is 10.6 Å². The number of aryl methyl sites for hydroxylation is 1. The lowest BCUT2D eigenvalue weighted by Crippen LogP contribution is -2.15.